The molecule has 0 aliphatic heterocycles. The second-order valence-electron chi connectivity index (χ2n) is 4.37. The van der Waals surface area contributed by atoms with E-state index in [2.05, 4.69) is 10.3 Å². The number of rotatable bonds is 7. The minimum atomic E-state index is -0.113. The van der Waals surface area contributed by atoms with E-state index in [-0.39, 0.29) is 11.8 Å². The van der Waals surface area contributed by atoms with Gasteiger partial charge in [0.2, 0.25) is 0 Å². The molecule has 0 fully saturated rings. The number of Topliss-reactive ketones (excluding diaryl/α,β-unsaturated/α-hetero) is 1. The molecule has 0 saturated carbocycles. The minimum absolute atomic E-state index is 0.0835. The maximum atomic E-state index is 11.9. The number of urea groups is 1. The third-order valence-electron chi connectivity index (χ3n) is 2.84. The van der Waals surface area contributed by atoms with Crippen molar-refractivity contribution in [2.45, 2.75) is 26.7 Å². The first-order chi connectivity index (χ1) is 9.13. The number of carbonyl (C=O) groups excluding carboxylic acids is 2. The Labute approximate surface area is 114 Å². The second-order valence-corrected chi connectivity index (χ2v) is 4.37. The first kappa shape index (κ1) is 15.1. The fraction of sp³-hybridized carbons (Fsp3) is 0.500. The van der Waals surface area contributed by atoms with E-state index in [1.165, 1.54) is 6.92 Å². The van der Waals surface area contributed by atoms with Crippen LogP contribution >= 0.6 is 0 Å². The maximum Gasteiger partial charge on any atom is 0.317 e. The molecule has 5 nitrogen and oxygen atoms in total. The predicted octanol–water partition coefficient (Wildman–Crippen LogP) is 1.63. The molecule has 104 valence electrons. The van der Waals surface area contributed by atoms with Crippen LogP contribution in [0.4, 0.5) is 4.79 Å². The lowest BCUT2D eigenvalue weighted by Gasteiger charge is -2.21. The van der Waals surface area contributed by atoms with Gasteiger partial charge in [-0.15, -0.1) is 0 Å². The molecule has 0 aromatic carbocycles. The lowest BCUT2D eigenvalue weighted by Crippen LogP contribution is -2.41. The second kappa shape index (κ2) is 8.24. The van der Waals surface area contributed by atoms with Gasteiger partial charge in [-0.05, 0) is 38.0 Å². The average molecular weight is 263 g/mol. The maximum absolute atomic E-state index is 11.9. The fourth-order valence-electron chi connectivity index (χ4n) is 1.67. The molecule has 0 atom stereocenters. The molecule has 0 radical (unpaired) electrons. The first-order valence-electron chi connectivity index (χ1n) is 6.54. The van der Waals surface area contributed by atoms with Crippen molar-refractivity contribution in [3.63, 3.8) is 0 Å². The van der Waals surface area contributed by atoms with Crippen molar-refractivity contribution < 1.29 is 9.59 Å². The van der Waals surface area contributed by atoms with Crippen LogP contribution in [0.2, 0.25) is 0 Å². The molecule has 0 aliphatic rings. The first-order valence-corrected chi connectivity index (χ1v) is 6.54. The van der Waals surface area contributed by atoms with E-state index in [9.17, 15) is 9.59 Å². The van der Waals surface area contributed by atoms with E-state index in [0.717, 1.165) is 12.0 Å². The van der Waals surface area contributed by atoms with Gasteiger partial charge in [-0.3, -0.25) is 9.78 Å². The average Bonchev–Trinajstić information content (AvgIpc) is 2.40. The van der Waals surface area contributed by atoms with Crippen molar-refractivity contribution in [3.8, 4) is 0 Å². The highest BCUT2D eigenvalue weighted by molar-refractivity contribution is 5.77. The van der Waals surface area contributed by atoms with Crippen LogP contribution in [0.1, 0.15) is 25.8 Å². The van der Waals surface area contributed by atoms with Crippen LogP contribution in [0, 0.1) is 0 Å². The number of hydrogen-bond donors (Lipinski definition) is 1. The number of nitrogens with one attached hydrogen (secondary N) is 1. The molecule has 5 heteroatoms. The lowest BCUT2D eigenvalue weighted by atomic mass is 10.2. The lowest BCUT2D eigenvalue weighted by molar-refractivity contribution is -0.116. The van der Waals surface area contributed by atoms with Crippen LogP contribution in [0.25, 0.3) is 0 Å². The molecule has 19 heavy (non-hydrogen) atoms. The van der Waals surface area contributed by atoms with Crippen LogP contribution in [0.5, 0.6) is 0 Å². The molecule has 1 heterocycles. The van der Waals surface area contributed by atoms with Gasteiger partial charge in [-0.2, -0.15) is 0 Å². The minimum Gasteiger partial charge on any atom is -0.338 e. The zero-order valence-electron chi connectivity index (χ0n) is 11.6. The zero-order valence-corrected chi connectivity index (χ0v) is 11.6. The van der Waals surface area contributed by atoms with E-state index in [1.54, 1.807) is 17.3 Å². The van der Waals surface area contributed by atoms with Crippen molar-refractivity contribution in [2.24, 2.45) is 0 Å². The van der Waals surface area contributed by atoms with Gasteiger partial charge in [0.05, 0.1) is 0 Å². The zero-order chi connectivity index (χ0) is 14.1. The Morgan fingerprint density at radius 1 is 1.32 bits per heavy atom. The number of hydrogen-bond acceptors (Lipinski definition) is 3. The van der Waals surface area contributed by atoms with Gasteiger partial charge in [0.25, 0.3) is 0 Å². The third-order valence-corrected chi connectivity index (χ3v) is 2.84. The number of amides is 2. The number of ketones is 1. The van der Waals surface area contributed by atoms with Crippen LogP contribution in [0.15, 0.2) is 24.5 Å². The van der Waals surface area contributed by atoms with Gasteiger partial charge >= 0.3 is 6.03 Å². The van der Waals surface area contributed by atoms with Crippen LogP contribution in [-0.4, -0.2) is 41.3 Å². The summed E-state index contributed by atoms with van der Waals surface area (Å²) in [5, 5.41) is 2.76. The molecule has 0 unspecified atom stereocenters. The summed E-state index contributed by atoms with van der Waals surface area (Å²) in [4.78, 5) is 28.4. The molecule has 1 aromatic heterocycles. The van der Waals surface area contributed by atoms with E-state index in [1.807, 2.05) is 19.1 Å². The third kappa shape index (κ3) is 5.99. The monoisotopic (exact) mass is 263 g/mol. The molecular weight excluding hydrogens is 242 g/mol. The highest BCUT2D eigenvalue weighted by Crippen LogP contribution is 2.00. The highest BCUT2D eigenvalue weighted by Gasteiger charge is 2.10. The molecule has 0 spiro atoms. The molecular formula is C14H21N3O2. The number of aromatic nitrogens is 1. The Kier molecular flexibility index (Phi) is 6.57. The van der Waals surface area contributed by atoms with Crippen LogP contribution < -0.4 is 5.32 Å². The van der Waals surface area contributed by atoms with Gasteiger partial charge in [0.1, 0.15) is 5.78 Å². The predicted molar refractivity (Wildman–Crippen MR) is 73.9 cm³/mol. The number of likely N-dealkylation sites (N-methyl/N-ethyl adjacent to an activating group) is 1. The molecule has 1 rings (SSSR count). The molecule has 0 bridgehead atoms. The van der Waals surface area contributed by atoms with Crippen molar-refractivity contribution in [3.05, 3.63) is 30.1 Å². The Morgan fingerprint density at radius 2 is 2.00 bits per heavy atom. The van der Waals surface area contributed by atoms with Crippen molar-refractivity contribution >= 4 is 11.8 Å². The summed E-state index contributed by atoms with van der Waals surface area (Å²) < 4.78 is 0. The molecule has 1 aromatic rings. The smallest absolute Gasteiger partial charge is 0.317 e. The summed E-state index contributed by atoms with van der Waals surface area (Å²) >= 11 is 0. The van der Waals surface area contributed by atoms with Crippen molar-refractivity contribution in [1.29, 1.82) is 0 Å². The molecule has 0 saturated heterocycles. The summed E-state index contributed by atoms with van der Waals surface area (Å²) in [6, 6.07) is 3.78. The summed E-state index contributed by atoms with van der Waals surface area (Å²) in [6.07, 6.45) is 4.68. The van der Waals surface area contributed by atoms with E-state index in [0.29, 0.717) is 26.1 Å². The van der Waals surface area contributed by atoms with E-state index < -0.39 is 0 Å². The molecule has 0 aliphatic carbocycles. The van der Waals surface area contributed by atoms with Crippen LogP contribution in [-0.2, 0) is 11.2 Å². The SMILES string of the molecule is CCN(CCc1ccncc1)C(=O)NCCC(C)=O. The fourth-order valence-corrected chi connectivity index (χ4v) is 1.67. The quantitative estimate of drug-likeness (QED) is 0.813. The number of nitrogens with zero attached hydrogens (tertiary/aromatic N) is 2. The summed E-state index contributed by atoms with van der Waals surface area (Å²) in [7, 11) is 0. The topological polar surface area (TPSA) is 62.3 Å². The van der Waals surface area contributed by atoms with E-state index >= 15 is 0 Å². The standard InChI is InChI=1S/C14H21N3O2/c1-3-17(14(19)16-10-4-12(2)18)11-7-13-5-8-15-9-6-13/h5-6,8-9H,3-4,7,10-11H2,1-2H3,(H,16,19). The molecule has 2 amide bonds. The number of pyridine rings is 1. The highest BCUT2D eigenvalue weighted by atomic mass is 16.2. The molecule has 1 N–H and O–H groups in total. The summed E-state index contributed by atoms with van der Waals surface area (Å²) in [5.41, 5.74) is 1.16. The normalized spacial score (nSPS) is 10.0. The number of carbonyl (C=O) groups is 2. The Hall–Kier alpha value is -1.91. The van der Waals surface area contributed by atoms with Crippen LogP contribution in [0.3, 0.4) is 0 Å². The Balaban J connectivity index is 2.36. The Bertz CT molecular complexity index is 406. The van der Waals surface area contributed by atoms with Gasteiger partial charge in [-0.1, -0.05) is 0 Å². The Morgan fingerprint density at radius 3 is 2.58 bits per heavy atom. The van der Waals surface area contributed by atoms with E-state index in [4.69, 9.17) is 0 Å². The summed E-state index contributed by atoms with van der Waals surface area (Å²) in [5.74, 6) is 0.0835. The van der Waals surface area contributed by atoms with Gasteiger partial charge < -0.3 is 10.2 Å². The van der Waals surface area contributed by atoms with Crippen molar-refractivity contribution in [1.82, 2.24) is 15.2 Å². The summed E-state index contributed by atoms with van der Waals surface area (Å²) in [6.45, 7) is 5.17. The van der Waals surface area contributed by atoms with Gasteiger partial charge in [0.15, 0.2) is 0 Å². The van der Waals surface area contributed by atoms with Gasteiger partial charge in [0, 0.05) is 38.4 Å². The van der Waals surface area contributed by atoms with Crippen molar-refractivity contribution in [2.75, 3.05) is 19.6 Å². The largest absolute Gasteiger partial charge is 0.338 e. The van der Waals surface area contributed by atoms with Gasteiger partial charge in [-0.25, -0.2) is 4.79 Å².